The van der Waals surface area contributed by atoms with Crippen molar-refractivity contribution in [2.24, 2.45) is 0 Å². The van der Waals surface area contributed by atoms with E-state index >= 15 is 0 Å². The average Bonchev–Trinajstić information content (AvgIpc) is 2.65. The Morgan fingerprint density at radius 2 is 2.04 bits per heavy atom. The summed E-state index contributed by atoms with van der Waals surface area (Å²) in [6.07, 6.45) is 3.14. The Morgan fingerprint density at radius 3 is 2.65 bits per heavy atom. The maximum atomic E-state index is 12.3. The summed E-state index contributed by atoms with van der Waals surface area (Å²) in [7, 11) is 0.121. The van der Waals surface area contributed by atoms with Crippen molar-refractivity contribution in [1.29, 1.82) is 0 Å². The molecule has 0 spiro atoms. The fourth-order valence-corrected chi connectivity index (χ4v) is 3.17. The van der Waals surface area contributed by atoms with E-state index in [0.717, 1.165) is 11.4 Å². The van der Waals surface area contributed by atoms with Gasteiger partial charge in [0.15, 0.2) is 0 Å². The SMILES string of the molecule is C=CCNS(=O)(=O)c1cccc(C(=O)NCc2ccc(N(C)C)nc2)c1. The standard InChI is InChI=1S/C18H22N4O3S/c1-4-10-21-26(24,25)16-7-5-6-15(11-16)18(23)20-13-14-8-9-17(19-12-14)22(2)3/h4-9,11-12,21H,1,10,13H2,2-3H3,(H,20,23). The largest absolute Gasteiger partial charge is 0.363 e. The molecule has 0 saturated heterocycles. The van der Waals surface area contributed by atoms with Gasteiger partial charge in [0.05, 0.1) is 4.90 Å². The summed E-state index contributed by atoms with van der Waals surface area (Å²) in [6.45, 7) is 3.89. The number of pyridine rings is 1. The third kappa shape index (κ3) is 5.14. The third-order valence-corrected chi connectivity index (χ3v) is 4.97. The number of hydrogen-bond donors (Lipinski definition) is 2. The fraction of sp³-hybridized carbons (Fsp3) is 0.222. The van der Waals surface area contributed by atoms with Crippen LogP contribution in [0, 0.1) is 0 Å². The molecule has 8 heteroatoms. The van der Waals surface area contributed by atoms with Gasteiger partial charge in [-0.05, 0) is 29.8 Å². The second kappa shape index (κ2) is 8.59. The maximum Gasteiger partial charge on any atom is 0.251 e. The molecule has 138 valence electrons. The first kappa shape index (κ1) is 19.6. The van der Waals surface area contributed by atoms with Gasteiger partial charge in [-0.1, -0.05) is 18.2 Å². The first-order chi connectivity index (χ1) is 12.3. The van der Waals surface area contributed by atoms with Crippen molar-refractivity contribution >= 4 is 21.7 Å². The summed E-state index contributed by atoms with van der Waals surface area (Å²) >= 11 is 0. The number of sulfonamides is 1. The fourth-order valence-electron chi connectivity index (χ4n) is 2.13. The van der Waals surface area contributed by atoms with Gasteiger partial charge < -0.3 is 10.2 Å². The molecule has 1 aromatic carbocycles. The lowest BCUT2D eigenvalue weighted by atomic mass is 10.2. The molecule has 2 rings (SSSR count). The Kier molecular flexibility index (Phi) is 6.48. The molecule has 0 aliphatic carbocycles. The van der Waals surface area contributed by atoms with Gasteiger partial charge >= 0.3 is 0 Å². The van der Waals surface area contributed by atoms with E-state index in [1.54, 1.807) is 12.3 Å². The minimum Gasteiger partial charge on any atom is -0.363 e. The van der Waals surface area contributed by atoms with Crippen LogP contribution < -0.4 is 14.9 Å². The first-order valence-corrected chi connectivity index (χ1v) is 9.43. The molecular weight excluding hydrogens is 352 g/mol. The molecular formula is C18H22N4O3S. The molecule has 0 aliphatic rings. The highest BCUT2D eigenvalue weighted by molar-refractivity contribution is 7.89. The molecule has 0 aliphatic heterocycles. The number of anilines is 1. The number of nitrogens with one attached hydrogen (secondary N) is 2. The highest BCUT2D eigenvalue weighted by atomic mass is 32.2. The molecule has 7 nitrogen and oxygen atoms in total. The molecule has 0 unspecified atom stereocenters. The Morgan fingerprint density at radius 1 is 1.27 bits per heavy atom. The van der Waals surface area contributed by atoms with E-state index in [1.165, 1.54) is 24.3 Å². The number of carbonyl (C=O) groups is 1. The van der Waals surface area contributed by atoms with Crippen molar-refractivity contribution < 1.29 is 13.2 Å². The Balaban J connectivity index is 2.05. The monoisotopic (exact) mass is 374 g/mol. The molecule has 1 aromatic heterocycles. The molecule has 0 bridgehead atoms. The molecule has 1 amide bonds. The van der Waals surface area contributed by atoms with Crippen LogP contribution in [0.15, 0.2) is 60.1 Å². The number of rotatable bonds is 8. The highest BCUT2D eigenvalue weighted by Gasteiger charge is 2.15. The molecule has 2 N–H and O–H groups in total. The molecule has 0 radical (unpaired) electrons. The zero-order valence-electron chi connectivity index (χ0n) is 14.8. The van der Waals surface area contributed by atoms with Crippen LogP contribution in [0.25, 0.3) is 0 Å². The quantitative estimate of drug-likeness (QED) is 0.684. The van der Waals surface area contributed by atoms with Crippen LogP contribution in [0.3, 0.4) is 0 Å². The van der Waals surface area contributed by atoms with Gasteiger partial charge in [0, 0.05) is 38.9 Å². The number of carbonyl (C=O) groups excluding carboxylic acids is 1. The van der Waals surface area contributed by atoms with E-state index in [-0.39, 0.29) is 22.9 Å². The second-order valence-electron chi connectivity index (χ2n) is 5.77. The average molecular weight is 374 g/mol. The van der Waals surface area contributed by atoms with Gasteiger partial charge in [0.1, 0.15) is 5.82 Å². The lowest BCUT2D eigenvalue weighted by molar-refractivity contribution is 0.0950. The minimum atomic E-state index is -3.67. The Hall–Kier alpha value is -2.71. The number of hydrogen-bond acceptors (Lipinski definition) is 5. The second-order valence-corrected chi connectivity index (χ2v) is 7.54. The molecule has 0 atom stereocenters. The van der Waals surface area contributed by atoms with Gasteiger partial charge in [-0.2, -0.15) is 0 Å². The van der Waals surface area contributed by atoms with Crippen molar-refractivity contribution in [3.05, 3.63) is 66.4 Å². The van der Waals surface area contributed by atoms with Gasteiger partial charge in [-0.15, -0.1) is 6.58 Å². The van der Waals surface area contributed by atoms with Crippen molar-refractivity contribution in [3.63, 3.8) is 0 Å². The van der Waals surface area contributed by atoms with Crippen LogP contribution in [0.1, 0.15) is 15.9 Å². The van der Waals surface area contributed by atoms with Crippen molar-refractivity contribution in [1.82, 2.24) is 15.0 Å². The van der Waals surface area contributed by atoms with Gasteiger partial charge in [0.2, 0.25) is 10.0 Å². The van der Waals surface area contributed by atoms with Crippen LogP contribution in [0.4, 0.5) is 5.82 Å². The Bertz CT molecular complexity index is 878. The van der Waals surface area contributed by atoms with Gasteiger partial charge in [-0.25, -0.2) is 18.1 Å². The summed E-state index contributed by atoms with van der Waals surface area (Å²) in [5.41, 5.74) is 1.12. The minimum absolute atomic E-state index is 0.0315. The van der Waals surface area contributed by atoms with E-state index in [2.05, 4.69) is 21.6 Å². The van der Waals surface area contributed by atoms with Crippen LogP contribution in [0.5, 0.6) is 0 Å². The van der Waals surface area contributed by atoms with Crippen LogP contribution in [-0.2, 0) is 16.6 Å². The van der Waals surface area contributed by atoms with E-state index in [1.807, 2.05) is 31.1 Å². The van der Waals surface area contributed by atoms with Gasteiger partial charge in [0.25, 0.3) is 5.91 Å². The van der Waals surface area contributed by atoms with Crippen molar-refractivity contribution in [3.8, 4) is 0 Å². The van der Waals surface area contributed by atoms with Crippen LogP contribution >= 0.6 is 0 Å². The normalized spacial score (nSPS) is 11.0. The smallest absolute Gasteiger partial charge is 0.251 e. The van der Waals surface area contributed by atoms with E-state index < -0.39 is 10.0 Å². The summed E-state index contributed by atoms with van der Waals surface area (Å²) in [4.78, 5) is 18.5. The molecule has 26 heavy (non-hydrogen) atoms. The molecule has 2 aromatic rings. The summed E-state index contributed by atoms with van der Waals surface area (Å²) < 4.78 is 26.6. The number of aromatic nitrogens is 1. The number of amides is 1. The van der Waals surface area contributed by atoms with Crippen molar-refractivity contribution in [2.45, 2.75) is 11.4 Å². The van der Waals surface area contributed by atoms with Crippen LogP contribution in [0.2, 0.25) is 0 Å². The Labute approximate surface area is 153 Å². The van der Waals surface area contributed by atoms with E-state index in [0.29, 0.717) is 6.54 Å². The predicted molar refractivity (Wildman–Crippen MR) is 102 cm³/mol. The molecule has 0 fully saturated rings. The van der Waals surface area contributed by atoms with E-state index in [4.69, 9.17) is 0 Å². The summed E-state index contributed by atoms with van der Waals surface area (Å²) in [5.74, 6) is 0.465. The lowest BCUT2D eigenvalue weighted by Crippen LogP contribution is -2.25. The number of nitrogens with zero attached hydrogens (tertiary/aromatic N) is 2. The first-order valence-electron chi connectivity index (χ1n) is 7.94. The summed E-state index contributed by atoms with van der Waals surface area (Å²) in [5, 5.41) is 2.76. The van der Waals surface area contributed by atoms with Gasteiger partial charge in [-0.3, -0.25) is 4.79 Å². The zero-order valence-corrected chi connectivity index (χ0v) is 15.6. The number of benzene rings is 1. The highest BCUT2D eigenvalue weighted by Crippen LogP contribution is 2.12. The lowest BCUT2D eigenvalue weighted by Gasteiger charge is -2.12. The third-order valence-electron chi connectivity index (χ3n) is 3.54. The van der Waals surface area contributed by atoms with Crippen LogP contribution in [-0.4, -0.2) is 39.9 Å². The molecule has 1 heterocycles. The maximum absolute atomic E-state index is 12.3. The van der Waals surface area contributed by atoms with Crippen molar-refractivity contribution in [2.75, 3.05) is 25.5 Å². The van der Waals surface area contributed by atoms with E-state index in [9.17, 15) is 13.2 Å². The zero-order chi connectivity index (χ0) is 19.2. The molecule has 0 saturated carbocycles. The topological polar surface area (TPSA) is 91.4 Å². The predicted octanol–water partition coefficient (Wildman–Crippen LogP) is 1.54. The summed E-state index contributed by atoms with van der Waals surface area (Å²) in [6, 6.07) is 9.61.